The van der Waals surface area contributed by atoms with Crippen LogP contribution in [-0.4, -0.2) is 26.9 Å². The van der Waals surface area contributed by atoms with Crippen molar-refractivity contribution < 1.29 is 18.1 Å². The monoisotopic (exact) mass is 410 g/mol. The Kier molecular flexibility index (Phi) is 5.78. The van der Waals surface area contributed by atoms with Gasteiger partial charge < -0.3 is 10.3 Å². The Bertz CT molecular complexity index is 957. The molecule has 0 aliphatic carbocycles. The zero-order valence-corrected chi connectivity index (χ0v) is 15.6. The van der Waals surface area contributed by atoms with Crippen LogP contribution in [0.25, 0.3) is 11.0 Å². The summed E-state index contributed by atoms with van der Waals surface area (Å²) < 4.78 is 38.7. The van der Waals surface area contributed by atoms with Crippen LogP contribution in [0.3, 0.4) is 0 Å². The van der Waals surface area contributed by atoms with Gasteiger partial charge in [0.05, 0.1) is 27.6 Å². The molecule has 0 unspecified atom stereocenters. The van der Waals surface area contributed by atoms with Gasteiger partial charge in [0, 0.05) is 6.07 Å². The van der Waals surface area contributed by atoms with Gasteiger partial charge in [-0.15, -0.1) is 0 Å². The van der Waals surface area contributed by atoms with Gasteiger partial charge in [-0.3, -0.25) is 10.1 Å². The number of thioether (sulfide) groups is 1. The van der Waals surface area contributed by atoms with Gasteiger partial charge >= 0.3 is 6.18 Å². The third-order valence-electron chi connectivity index (χ3n) is 4.20. The van der Waals surface area contributed by atoms with Crippen molar-refractivity contribution in [3.05, 3.63) is 64.0 Å². The normalized spacial score (nSPS) is 12.9. The largest absolute Gasteiger partial charge is 0.416 e. The Morgan fingerprint density at radius 3 is 2.68 bits per heavy atom. The fraction of sp³-hybridized carbons (Fsp3) is 0.278. The number of nitro groups is 1. The van der Waals surface area contributed by atoms with Gasteiger partial charge in [-0.05, 0) is 42.7 Å². The van der Waals surface area contributed by atoms with E-state index in [9.17, 15) is 23.3 Å². The molecular weight excluding hydrogens is 393 g/mol. The van der Waals surface area contributed by atoms with Gasteiger partial charge in [-0.1, -0.05) is 12.1 Å². The number of para-hydroxylation sites is 2. The molecule has 10 heteroatoms. The molecule has 0 bridgehead atoms. The van der Waals surface area contributed by atoms with Crippen molar-refractivity contribution in [3.63, 3.8) is 0 Å². The third kappa shape index (κ3) is 4.38. The van der Waals surface area contributed by atoms with Gasteiger partial charge in [0.2, 0.25) is 0 Å². The van der Waals surface area contributed by atoms with Crippen LogP contribution in [0.1, 0.15) is 23.9 Å². The van der Waals surface area contributed by atoms with E-state index in [1.54, 1.807) is 11.8 Å². The third-order valence-corrected chi connectivity index (χ3v) is 4.84. The molecule has 1 atom stereocenters. The number of imidazole rings is 1. The predicted molar refractivity (Wildman–Crippen MR) is 104 cm³/mol. The first-order chi connectivity index (χ1) is 13.3. The molecule has 2 aromatic carbocycles. The molecule has 1 heterocycles. The number of alkyl halides is 3. The highest BCUT2D eigenvalue weighted by Crippen LogP contribution is 2.36. The second-order valence-electron chi connectivity index (χ2n) is 6.10. The van der Waals surface area contributed by atoms with Crippen LogP contribution in [0.15, 0.2) is 42.5 Å². The highest BCUT2D eigenvalue weighted by Gasteiger charge is 2.33. The van der Waals surface area contributed by atoms with E-state index in [0.717, 1.165) is 28.9 Å². The molecule has 0 spiro atoms. The minimum Gasteiger partial charge on any atom is -0.370 e. The first kappa shape index (κ1) is 20.0. The van der Waals surface area contributed by atoms with Gasteiger partial charge in [0.25, 0.3) is 5.69 Å². The first-order valence-electron chi connectivity index (χ1n) is 8.35. The van der Waals surface area contributed by atoms with Crippen LogP contribution in [-0.2, 0) is 6.18 Å². The van der Waals surface area contributed by atoms with Crippen molar-refractivity contribution in [2.24, 2.45) is 0 Å². The van der Waals surface area contributed by atoms with Crippen LogP contribution >= 0.6 is 11.8 Å². The van der Waals surface area contributed by atoms with E-state index in [1.807, 2.05) is 30.5 Å². The number of hydrogen-bond donors (Lipinski definition) is 2. The van der Waals surface area contributed by atoms with Crippen LogP contribution in [0.2, 0.25) is 0 Å². The second-order valence-corrected chi connectivity index (χ2v) is 7.09. The molecule has 2 N–H and O–H groups in total. The first-order valence-corrected chi connectivity index (χ1v) is 9.74. The number of anilines is 1. The maximum absolute atomic E-state index is 12.9. The van der Waals surface area contributed by atoms with Gasteiger partial charge in [-0.25, -0.2) is 4.98 Å². The summed E-state index contributed by atoms with van der Waals surface area (Å²) in [6.45, 7) is 0. The summed E-state index contributed by atoms with van der Waals surface area (Å²) in [7, 11) is 0. The van der Waals surface area contributed by atoms with E-state index >= 15 is 0 Å². The number of H-pyrrole nitrogens is 1. The average Bonchev–Trinajstić information content (AvgIpc) is 3.08. The number of nitrogens with zero attached hydrogens (tertiary/aromatic N) is 2. The number of aromatic amines is 1. The molecule has 0 radical (unpaired) electrons. The Morgan fingerprint density at radius 1 is 1.29 bits per heavy atom. The number of benzene rings is 2. The minimum absolute atomic E-state index is 0.0181. The molecule has 0 aliphatic heterocycles. The molecule has 6 nitrogen and oxygen atoms in total. The van der Waals surface area contributed by atoms with Crippen molar-refractivity contribution in [2.45, 2.75) is 18.6 Å². The standard InChI is InChI=1S/C18H17F3N4O2S/c1-28-9-8-15(17-23-12-4-2-3-5-13(12)24-17)22-14-7-6-11(18(19,20)21)10-16(14)25(26)27/h2-7,10,15,22H,8-9H2,1H3,(H,23,24)/t15-/m1/s1. The fourth-order valence-electron chi connectivity index (χ4n) is 2.82. The molecule has 0 fully saturated rings. The second kappa shape index (κ2) is 8.09. The lowest BCUT2D eigenvalue weighted by Gasteiger charge is -2.18. The highest BCUT2D eigenvalue weighted by atomic mass is 32.2. The van der Waals surface area contributed by atoms with Crippen LogP contribution in [0.5, 0.6) is 0 Å². The van der Waals surface area contributed by atoms with E-state index in [2.05, 4.69) is 15.3 Å². The predicted octanol–water partition coefficient (Wildman–Crippen LogP) is 5.40. The van der Waals surface area contributed by atoms with E-state index in [-0.39, 0.29) is 5.69 Å². The lowest BCUT2D eigenvalue weighted by molar-refractivity contribution is -0.384. The summed E-state index contributed by atoms with van der Waals surface area (Å²) in [4.78, 5) is 18.2. The van der Waals surface area contributed by atoms with Gasteiger partial charge in [-0.2, -0.15) is 24.9 Å². The minimum atomic E-state index is -4.65. The zero-order valence-electron chi connectivity index (χ0n) is 14.8. The summed E-state index contributed by atoms with van der Waals surface area (Å²) >= 11 is 1.59. The average molecular weight is 410 g/mol. The molecule has 148 valence electrons. The number of halogens is 3. The van der Waals surface area contributed by atoms with Gasteiger partial charge in [0.15, 0.2) is 0 Å². The Morgan fingerprint density at radius 2 is 2.04 bits per heavy atom. The Hall–Kier alpha value is -2.75. The number of fused-ring (bicyclic) bond motifs is 1. The number of nitro benzene ring substituents is 1. The van der Waals surface area contributed by atoms with E-state index in [4.69, 9.17) is 0 Å². The van der Waals surface area contributed by atoms with E-state index in [0.29, 0.717) is 18.3 Å². The quantitative estimate of drug-likeness (QED) is 0.403. The molecule has 0 saturated heterocycles. The Balaban J connectivity index is 1.97. The van der Waals surface area contributed by atoms with E-state index in [1.165, 1.54) is 0 Å². The lowest BCUT2D eigenvalue weighted by atomic mass is 10.1. The molecule has 0 amide bonds. The van der Waals surface area contributed by atoms with Crippen LogP contribution in [0, 0.1) is 10.1 Å². The molecule has 28 heavy (non-hydrogen) atoms. The maximum atomic E-state index is 12.9. The topological polar surface area (TPSA) is 83.8 Å². The van der Waals surface area contributed by atoms with Crippen LogP contribution in [0.4, 0.5) is 24.5 Å². The summed E-state index contributed by atoms with van der Waals surface area (Å²) in [5.74, 6) is 1.31. The lowest BCUT2D eigenvalue weighted by Crippen LogP contribution is -2.15. The van der Waals surface area contributed by atoms with Crippen molar-refractivity contribution in [3.8, 4) is 0 Å². The highest BCUT2D eigenvalue weighted by molar-refractivity contribution is 7.98. The summed E-state index contributed by atoms with van der Waals surface area (Å²) in [6.07, 6.45) is -2.14. The number of rotatable bonds is 7. The van der Waals surface area contributed by atoms with Crippen molar-refractivity contribution >= 4 is 34.2 Å². The molecule has 3 aromatic rings. The molecule has 0 saturated carbocycles. The van der Waals surface area contributed by atoms with Crippen molar-refractivity contribution in [1.29, 1.82) is 0 Å². The Labute approximate surface area is 162 Å². The number of aromatic nitrogens is 2. The number of nitrogens with one attached hydrogen (secondary N) is 2. The van der Waals surface area contributed by atoms with Gasteiger partial charge in [0.1, 0.15) is 11.5 Å². The van der Waals surface area contributed by atoms with Crippen LogP contribution < -0.4 is 5.32 Å². The smallest absolute Gasteiger partial charge is 0.370 e. The SMILES string of the molecule is CSCC[C@@H](Nc1ccc(C(F)(F)F)cc1[N+](=O)[O-])c1nc2ccccc2[nH]1. The van der Waals surface area contributed by atoms with Crippen molar-refractivity contribution in [1.82, 2.24) is 9.97 Å². The summed E-state index contributed by atoms with van der Waals surface area (Å²) in [5.41, 5.74) is -0.107. The molecule has 1 aromatic heterocycles. The molecule has 0 aliphatic rings. The number of hydrogen-bond acceptors (Lipinski definition) is 5. The summed E-state index contributed by atoms with van der Waals surface area (Å²) in [5, 5.41) is 14.3. The maximum Gasteiger partial charge on any atom is 0.416 e. The molecular formula is C18H17F3N4O2S. The fourth-order valence-corrected chi connectivity index (χ4v) is 3.29. The van der Waals surface area contributed by atoms with Crippen molar-refractivity contribution in [2.75, 3.05) is 17.3 Å². The molecule has 3 rings (SSSR count). The summed E-state index contributed by atoms with van der Waals surface area (Å²) in [6, 6.07) is 9.45. The zero-order chi connectivity index (χ0) is 20.3. The van der Waals surface area contributed by atoms with E-state index < -0.39 is 28.4 Å².